The van der Waals surface area contributed by atoms with Gasteiger partial charge in [0.2, 0.25) is 0 Å². The Hall–Kier alpha value is -2.34. The number of nitrogens with one attached hydrogen (secondary N) is 1. The van der Waals surface area contributed by atoms with Crippen LogP contribution in [-0.4, -0.2) is 10.2 Å². The minimum absolute atomic E-state index is 1.06. The van der Waals surface area contributed by atoms with E-state index in [2.05, 4.69) is 16.8 Å². The van der Waals surface area contributed by atoms with Gasteiger partial charge in [0, 0.05) is 12.3 Å². The number of nitrogens with zero attached hydrogens (tertiary/aromatic N) is 2. The Kier molecular flexibility index (Phi) is 4.41. The number of aromatic nitrogens is 2. The van der Waals surface area contributed by atoms with Crippen LogP contribution in [0.3, 0.4) is 0 Å². The average molecular weight is 197 g/mol. The largest absolute Gasteiger partial charge is 0.278 e. The Morgan fingerprint density at radius 2 is 1.93 bits per heavy atom. The molecule has 0 saturated carbocycles. The summed E-state index contributed by atoms with van der Waals surface area (Å²) in [5, 5.41) is 14.3. The zero-order chi connectivity index (χ0) is 10.9. The van der Waals surface area contributed by atoms with Crippen molar-refractivity contribution in [3.63, 3.8) is 0 Å². The highest BCUT2D eigenvalue weighted by Crippen LogP contribution is 2.13. The third kappa shape index (κ3) is 3.49. The Labute approximate surface area is 88.7 Å². The van der Waals surface area contributed by atoms with Gasteiger partial charge in [0.25, 0.3) is 0 Å². The molecule has 0 spiro atoms. The highest BCUT2D eigenvalue weighted by molar-refractivity contribution is 5.57. The van der Waals surface area contributed by atoms with Crippen LogP contribution in [0, 0.1) is 11.3 Å². The molecule has 1 aromatic heterocycles. The number of H-pyrrole nitrogens is 1. The average Bonchev–Trinajstić information content (AvgIpc) is 2.84. The molecule has 2 aromatic rings. The predicted molar refractivity (Wildman–Crippen MR) is 59.8 cm³/mol. The molecule has 2 rings (SSSR count). The summed E-state index contributed by atoms with van der Waals surface area (Å²) in [5.74, 6) is 0. The second-order valence-corrected chi connectivity index (χ2v) is 2.67. The molecule has 3 heteroatoms. The zero-order valence-electron chi connectivity index (χ0n) is 8.22. The lowest BCUT2D eigenvalue weighted by Crippen LogP contribution is -1.75. The lowest BCUT2D eigenvalue weighted by atomic mass is 10.2. The molecule has 0 fully saturated rings. The molecule has 0 unspecified atom stereocenters. The van der Waals surface area contributed by atoms with Gasteiger partial charge >= 0.3 is 0 Å². The molecule has 0 aliphatic carbocycles. The van der Waals surface area contributed by atoms with Gasteiger partial charge in [-0.2, -0.15) is 10.4 Å². The summed E-state index contributed by atoms with van der Waals surface area (Å²) in [7, 11) is 0. The lowest BCUT2D eigenvalue weighted by molar-refractivity contribution is 1.10. The van der Waals surface area contributed by atoms with Crippen molar-refractivity contribution in [3.05, 3.63) is 55.3 Å². The summed E-state index contributed by atoms with van der Waals surface area (Å²) in [4.78, 5) is 0. The first kappa shape index (κ1) is 10.7. The van der Waals surface area contributed by atoms with E-state index in [0.717, 1.165) is 5.69 Å². The minimum Gasteiger partial charge on any atom is -0.278 e. The number of allylic oxidation sites excluding steroid dienone is 1. The van der Waals surface area contributed by atoms with Crippen LogP contribution in [0.15, 0.2) is 55.3 Å². The SMILES string of the molecule is C=CC#N.c1ccc(-c2ccn[nH]2)cc1. The van der Waals surface area contributed by atoms with Crippen molar-refractivity contribution in [2.45, 2.75) is 0 Å². The Morgan fingerprint density at radius 1 is 1.27 bits per heavy atom. The van der Waals surface area contributed by atoms with Crippen LogP contribution < -0.4 is 0 Å². The molecule has 74 valence electrons. The van der Waals surface area contributed by atoms with E-state index in [9.17, 15) is 0 Å². The van der Waals surface area contributed by atoms with Gasteiger partial charge in [0.05, 0.1) is 11.8 Å². The molecule has 0 aliphatic rings. The van der Waals surface area contributed by atoms with E-state index in [1.54, 1.807) is 12.3 Å². The molecule has 1 heterocycles. The van der Waals surface area contributed by atoms with E-state index in [1.807, 2.05) is 36.4 Å². The summed E-state index contributed by atoms with van der Waals surface area (Å²) in [6.07, 6.45) is 2.93. The Morgan fingerprint density at radius 3 is 2.40 bits per heavy atom. The second kappa shape index (κ2) is 6.17. The molecule has 1 N–H and O–H groups in total. The molecular weight excluding hydrogens is 186 g/mol. The molecule has 0 radical (unpaired) electrons. The zero-order valence-corrected chi connectivity index (χ0v) is 8.22. The molecule has 0 saturated heterocycles. The Balaban J connectivity index is 0.000000245. The Bertz CT molecular complexity index is 424. The van der Waals surface area contributed by atoms with E-state index in [4.69, 9.17) is 5.26 Å². The first-order chi connectivity index (χ1) is 7.38. The molecule has 1 aromatic carbocycles. The van der Waals surface area contributed by atoms with Crippen molar-refractivity contribution in [2.24, 2.45) is 0 Å². The number of nitriles is 1. The van der Waals surface area contributed by atoms with E-state index < -0.39 is 0 Å². The van der Waals surface area contributed by atoms with E-state index in [0.29, 0.717) is 0 Å². The number of benzene rings is 1. The van der Waals surface area contributed by atoms with Crippen molar-refractivity contribution < 1.29 is 0 Å². The van der Waals surface area contributed by atoms with Crippen LogP contribution in [0.5, 0.6) is 0 Å². The lowest BCUT2D eigenvalue weighted by Gasteiger charge is -1.93. The van der Waals surface area contributed by atoms with Gasteiger partial charge < -0.3 is 0 Å². The molecular formula is C12H11N3. The van der Waals surface area contributed by atoms with Crippen molar-refractivity contribution in [1.82, 2.24) is 10.2 Å². The molecule has 3 nitrogen and oxygen atoms in total. The summed E-state index contributed by atoms with van der Waals surface area (Å²) in [5.41, 5.74) is 2.23. The van der Waals surface area contributed by atoms with Gasteiger partial charge in [0.15, 0.2) is 0 Å². The summed E-state index contributed by atoms with van der Waals surface area (Å²) < 4.78 is 0. The van der Waals surface area contributed by atoms with E-state index in [-0.39, 0.29) is 0 Å². The predicted octanol–water partition coefficient (Wildman–Crippen LogP) is 2.77. The first-order valence-corrected chi connectivity index (χ1v) is 4.44. The maximum atomic E-state index is 7.51. The summed E-state index contributed by atoms with van der Waals surface area (Å²) >= 11 is 0. The number of hydrogen-bond acceptors (Lipinski definition) is 2. The third-order valence-electron chi connectivity index (χ3n) is 1.68. The molecule has 0 aliphatic heterocycles. The van der Waals surface area contributed by atoms with Crippen molar-refractivity contribution in [1.29, 1.82) is 5.26 Å². The second-order valence-electron chi connectivity index (χ2n) is 2.67. The van der Waals surface area contributed by atoms with Gasteiger partial charge in [-0.05, 0) is 11.6 Å². The van der Waals surface area contributed by atoms with Crippen LogP contribution in [-0.2, 0) is 0 Å². The van der Waals surface area contributed by atoms with Crippen molar-refractivity contribution in [2.75, 3.05) is 0 Å². The fraction of sp³-hybridized carbons (Fsp3) is 0. The topological polar surface area (TPSA) is 52.5 Å². The minimum atomic E-state index is 1.06. The van der Waals surface area contributed by atoms with Gasteiger partial charge in [-0.3, -0.25) is 5.10 Å². The highest BCUT2D eigenvalue weighted by atomic mass is 15.1. The van der Waals surface area contributed by atoms with Crippen LogP contribution in [0.1, 0.15) is 0 Å². The van der Waals surface area contributed by atoms with Crippen LogP contribution in [0.2, 0.25) is 0 Å². The normalized spacial score (nSPS) is 8.20. The maximum Gasteiger partial charge on any atom is 0.0905 e. The molecule has 0 amide bonds. The van der Waals surface area contributed by atoms with Crippen LogP contribution in [0.4, 0.5) is 0 Å². The van der Waals surface area contributed by atoms with Gasteiger partial charge in [-0.25, -0.2) is 0 Å². The molecule has 0 atom stereocenters. The number of hydrogen-bond donors (Lipinski definition) is 1. The standard InChI is InChI=1S/C9H8N2.C3H3N/c1-2-4-8(5-3-1)9-6-7-10-11-9;1-2-3-4/h1-7H,(H,10,11);2H,1H2. The van der Waals surface area contributed by atoms with Gasteiger partial charge in [-0.15, -0.1) is 0 Å². The van der Waals surface area contributed by atoms with E-state index in [1.165, 1.54) is 11.6 Å². The van der Waals surface area contributed by atoms with Gasteiger partial charge in [0.1, 0.15) is 0 Å². The highest BCUT2D eigenvalue weighted by Gasteiger charge is 1.94. The van der Waals surface area contributed by atoms with Crippen molar-refractivity contribution in [3.8, 4) is 17.3 Å². The number of aromatic amines is 1. The maximum absolute atomic E-state index is 7.51. The van der Waals surface area contributed by atoms with Crippen molar-refractivity contribution >= 4 is 0 Å². The quantitative estimate of drug-likeness (QED) is 0.714. The molecule has 15 heavy (non-hydrogen) atoms. The third-order valence-corrected chi connectivity index (χ3v) is 1.68. The van der Waals surface area contributed by atoms with Crippen LogP contribution >= 0.6 is 0 Å². The van der Waals surface area contributed by atoms with Crippen LogP contribution in [0.25, 0.3) is 11.3 Å². The molecule has 0 bridgehead atoms. The fourth-order valence-corrected chi connectivity index (χ4v) is 1.03. The van der Waals surface area contributed by atoms with Gasteiger partial charge in [-0.1, -0.05) is 36.9 Å². The van der Waals surface area contributed by atoms with E-state index >= 15 is 0 Å². The number of rotatable bonds is 1. The first-order valence-electron chi connectivity index (χ1n) is 4.44. The summed E-state index contributed by atoms with van der Waals surface area (Å²) in [6, 6.07) is 13.8. The fourth-order valence-electron chi connectivity index (χ4n) is 1.03. The summed E-state index contributed by atoms with van der Waals surface area (Å²) in [6.45, 7) is 3.12. The smallest absolute Gasteiger partial charge is 0.0905 e. The monoisotopic (exact) mass is 197 g/mol.